The molecule has 0 spiro atoms. The van der Waals surface area contributed by atoms with E-state index in [1.807, 2.05) is 0 Å². The maximum Gasteiger partial charge on any atom is 0.260 e. The smallest absolute Gasteiger partial charge is 0.260 e. The Morgan fingerprint density at radius 3 is 2.07 bits per heavy atom. The number of piperazine rings is 1. The first-order valence-electron chi connectivity index (χ1n) is 8.40. The molecule has 3 rings (SSSR count). The van der Waals surface area contributed by atoms with Crippen molar-refractivity contribution in [3.63, 3.8) is 0 Å². The number of para-hydroxylation sites is 1. The predicted molar refractivity (Wildman–Crippen MR) is 93.6 cm³/mol. The SMILES string of the molecule is O=C(COc1ccccc1F)N1CCN(S(=O)(=O)c2c(F)cccc2F)CC1. The molecule has 1 saturated heterocycles. The molecule has 0 aliphatic carbocycles. The quantitative estimate of drug-likeness (QED) is 0.751. The van der Waals surface area contributed by atoms with Gasteiger partial charge in [0, 0.05) is 26.2 Å². The summed E-state index contributed by atoms with van der Waals surface area (Å²) in [5.41, 5.74) is 0. The van der Waals surface area contributed by atoms with E-state index in [-0.39, 0.29) is 31.9 Å². The van der Waals surface area contributed by atoms with E-state index in [4.69, 9.17) is 4.74 Å². The highest BCUT2D eigenvalue weighted by Crippen LogP contribution is 2.23. The number of carbonyl (C=O) groups is 1. The van der Waals surface area contributed by atoms with Gasteiger partial charge in [0.25, 0.3) is 5.91 Å². The molecule has 0 unspecified atom stereocenters. The first-order valence-corrected chi connectivity index (χ1v) is 9.84. The van der Waals surface area contributed by atoms with Crippen molar-refractivity contribution in [3.05, 3.63) is 59.9 Å². The average Bonchev–Trinajstić information content (AvgIpc) is 2.67. The summed E-state index contributed by atoms with van der Waals surface area (Å²) in [5.74, 6) is -3.45. The molecular formula is C18H17F3N2O4S. The van der Waals surface area contributed by atoms with E-state index in [1.165, 1.54) is 23.1 Å². The number of benzene rings is 2. The third-order valence-corrected chi connectivity index (χ3v) is 6.25. The van der Waals surface area contributed by atoms with Crippen LogP contribution in [0.5, 0.6) is 5.75 Å². The molecule has 1 aliphatic rings. The van der Waals surface area contributed by atoms with Crippen LogP contribution < -0.4 is 4.74 Å². The Morgan fingerprint density at radius 1 is 0.893 bits per heavy atom. The molecule has 1 heterocycles. The van der Waals surface area contributed by atoms with Gasteiger partial charge in [-0.2, -0.15) is 4.31 Å². The molecule has 2 aromatic rings. The highest BCUT2D eigenvalue weighted by Gasteiger charge is 2.34. The fourth-order valence-corrected chi connectivity index (χ4v) is 4.36. The summed E-state index contributed by atoms with van der Waals surface area (Å²) in [6, 6.07) is 8.46. The number of halogens is 3. The van der Waals surface area contributed by atoms with Gasteiger partial charge < -0.3 is 9.64 Å². The summed E-state index contributed by atoms with van der Waals surface area (Å²) in [4.78, 5) is 12.6. The maximum atomic E-state index is 13.8. The zero-order valence-corrected chi connectivity index (χ0v) is 15.5. The minimum atomic E-state index is -4.37. The van der Waals surface area contributed by atoms with Crippen molar-refractivity contribution in [3.8, 4) is 5.75 Å². The Kier molecular flexibility index (Phi) is 5.90. The van der Waals surface area contributed by atoms with Crippen molar-refractivity contribution in [2.45, 2.75) is 4.90 Å². The van der Waals surface area contributed by atoms with Crippen LogP contribution in [0.2, 0.25) is 0 Å². The molecule has 0 saturated carbocycles. The topological polar surface area (TPSA) is 66.9 Å². The van der Waals surface area contributed by atoms with Gasteiger partial charge in [-0.05, 0) is 24.3 Å². The molecule has 28 heavy (non-hydrogen) atoms. The van der Waals surface area contributed by atoms with Gasteiger partial charge in [0.05, 0.1) is 0 Å². The van der Waals surface area contributed by atoms with Crippen molar-refractivity contribution < 1.29 is 31.1 Å². The van der Waals surface area contributed by atoms with Crippen LogP contribution in [0.25, 0.3) is 0 Å². The van der Waals surface area contributed by atoms with E-state index < -0.39 is 44.9 Å². The second-order valence-electron chi connectivity index (χ2n) is 6.05. The van der Waals surface area contributed by atoms with Crippen molar-refractivity contribution in [1.29, 1.82) is 0 Å². The molecule has 150 valence electrons. The number of amides is 1. The summed E-state index contributed by atoms with van der Waals surface area (Å²) in [6.07, 6.45) is 0. The van der Waals surface area contributed by atoms with Crippen LogP contribution >= 0.6 is 0 Å². The third-order valence-electron chi connectivity index (χ3n) is 4.30. The summed E-state index contributed by atoms with van der Waals surface area (Å²) in [5, 5.41) is 0. The van der Waals surface area contributed by atoms with Gasteiger partial charge in [0.15, 0.2) is 23.1 Å². The molecule has 0 atom stereocenters. The van der Waals surface area contributed by atoms with Gasteiger partial charge >= 0.3 is 0 Å². The van der Waals surface area contributed by atoms with Crippen LogP contribution in [0.3, 0.4) is 0 Å². The van der Waals surface area contributed by atoms with Crippen LogP contribution in [-0.2, 0) is 14.8 Å². The standard InChI is InChI=1S/C18H17F3N2O4S/c19-13-4-1-2-7-16(13)27-12-17(24)22-8-10-23(11-9-22)28(25,26)18-14(20)5-3-6-15(18)21/h1-7H,8-12H2. The number of hydrogen-bond acceptors (Lipinski definition) is 4. The van der Waals surface area contributed by atoms with Crippen molar-refractivity contribution in [1.82, 2.24) is 9.21 Å². The molecule has 1 fully saturated rings. The Hall–Kier alpha value is -2.59. The summed E-state index contributed by atoms with van der Waals surface area (Å²) >= 11 is 0. The number of ether oxygens (including phenoxy) is 1. The Balaban J connectivity index is 1.61. The average molecular weight is 414 g/mol. The van der Waals surface area contributed by atoms with Crippen molar-refractivity contribution in [2.24, 2.45) is 0 Å². The van der Waals surface area contributed by atoms with E-state index in [9.17, 15) is 26.4 Å². The highest BCUT2D eigenvalue weighted by molar-refractivity contribution is 7.89. The largest absolute Gasteiger partial charge is 0.481 e. The number of carbonyl (C=O) groups excluding carboxylic acids is 1. The zero-order valence-electron chi connectivity index (χ0n) is 14.6. The molecule has 1 aliphatic heterocycles. The fraction of sp³-hybridized carbons (Fsp3) is 0.278. The summed E-state index contributed by atoms with van der Waals surface area (Å²) < 4.78 is 72.3. The molecule has 0 aromatic heterocycles. The molecule has 0 N–H and O–H groups in total. The lowest BCUT2D eigenvalue weighted by molar-refractivity contribution is -0.134. The van der Waals surface area contributed by atoms with Gasteiger partial charge in [0.2, 0.25) is 10.0 Å². The lowest BCUT2D eigenvalue weighted by Gasteiger charge is -2.34. The fourth-order valence-electron chi connectivity index (χ4n) is 2.83. The molecule has 6 nitrogen and oxygen atoms in total. The minimum Gasteiger partial charge on any atom is -0.481 e. The minimum absolute atomic E-state index is 0.0226. The van der Waals surface area contributed by atoms with Crippen molar-refractivity contribution >= 4 is 15.9 Å². The Morgan fingerprint density at radius 2 is 1.46 bits per heavy atom. The Bertz CT molecular complexity index is 956. The Labute approximate surface area is 160 Å². The molecule has 2 aromatic carbocycles. The van der Waals surface area contributed by atoms with Crippen LogP contribution in [0, 0.1) is 17.5 Å². The highest BCUT2D eigenvalue weighted by atomic mass is 32.2. The van der Waals surface area contributed by atoms with Crippen LogP contribution in [0.15, 0.2) is 47.4 Å². The van der Waals surface area contributed by atoms with E-state index in [2.05, 4.69) is 0 Å². The molecule has 0 bridgehead atoms. The van der Waals surface area contributed by atoms with Gasteiger partial charge in [-0.15, -0.1) is 0 Å². The van der Waals surface area contributed by atoms with E-state index >= 15 is 0 Å². The van der Waals surface area contributed by atoms with Gasteiger partial charge in [-0.25, -0.2) is 21.6 Å². The molecular weight excluding hydrogens is 397 g/mol. The van der Waals surface area contributed by atoms with Crippen LogP contribution in [0.4, 0.5) is 13.2 Å². The van der Waals surface area contributed by atoms with Crippen LogP contribution in [0.1, 0.15) is 0 Å². The van der Waals surface area contributed by atoms with Gasteiger partial charge in [-0.3, -0.25) is 4.79 Å². The summed E-state index contributed by atoms with van der Waals surface area (Å²) in [6.45, 7) is -0.609. The monoisotopic (exact) mass is 414 g/mol. The number of nitrogens with zero attached hydrogens (tertiary/aromatic N) is 2. The second-order valence-corrected chi connectivity index (χ2v) is 7.93. The number of hydrogen-bond donors (Lipinski definition) is 0. The lowest BCUT2D eigenvalue weighted by Crippen LogP contribution is -2.51. The molecule has 1 amide bonds. The first kappa shape index (κ1) is 20.2. The van der Waals surface area contributed by atoms with E-state index in [1.54, 1.807) is 6.07 Å². The second kappa shape index (κ2) is 8.19. The lowest BCUT2D eigenvalue weighted by atomic mass is 10.3. The normalized spacial score (nSPS) is 15.5. The van der Waals surface area contributed by atoms with E-state index in [0.29, 0.717) is 0 Å². The third kappa shape index (κ3) is 4.12. The molecule has 0 radical (unpaired) electrons. The zero-order chi connectivity index (χ0) is 20.3. The first-order chi connectivity index (χ1) is 13.3. The van der Waals surface area contributed by atoms with E-state index in [0.717, 1.165) is 22.5 Å². The molecule has 10 heteroatoms. The van der Waals surface area contributed by atoms with Crippen LogP contribution in [-0.4, -0.2) is 56.3 Å². The van der Waals surface area contributed by atoms with Crippen molar-refractivity contribution in [2.75, 3.05) is 32.8 Å². The maximum absolute atomic E-state index is 13.8. The number of sulfonamides is 1. The number of rotatable bonds is 5. The summed E-state index contributed by atoms with van der Waals surface area (Å²) in [7, 11) is -4.37. The van der Waals surface area contributed by atoms with Gasteiger partial charge in [0.1, 0.15) is 11.6 Å². The predicted octanol–water partition coefficient (Wildman–Crippen LogP) is 2.02. The van der Waals surface area contributed by atoms with Gasteiger partial charge in [-0.1, -0.05) is 18.2 Å².